The van der Waals surface area contributed by atoms with Gasteiger partial charge in [0.1, 0.15) is 0 Å². The summed E-state index contributed by atoms with van der Waals surface area (Å²) in [5.41, 5.74) is 1.29. The average molecular weight is 213 g/mol. The predicted octanol–water partition coefficient (Wildman–Crippen LogP) is 2.55. The van der Waals surface area contributed by atoms with Gasteiger partial charge >= 0.3 is 0 Å². The van der Waals surface area contributed by atoms with Gasteiger partial charge in [0, 0.05) is 6.04 Å². The summed E-state index contributed by atoms with van der Waals surface area (Å²) in [5.74, 6) is 1.22. The number of hydrogen-bond donors (Lipinski definition) is 1. The fourth-order valence-electron chi connectivity index (χ4n) is 1.52. The van der Waals surface area contributed by atoms with E-state index >= 15 is 0 Å². The van der Waals surface area contributed by atoms with Crippen LogP contribution >= 0.6 is 11.8 Å². The van der Waals surface area contributed by atoms with Gasteiger partial charge in [0.05, 0.1) is 12.5 Å². The zero-order chi connectivity index (χ0) is 10.2. The lowest BCUT2D eigenvalue weighted by atomic mass is 10.1. The van der Waals surface area contributed by atoms with Crippen molar-refractivity contribution >= 4 is 11.8 Å². The van der Waals surface area contributed by atoms with Crippen LogP contribution in [-0.4, -0.2) is 24.6 Å². The minimum atomic E-state index is 0.588. The molecule has 0 aliphatic rings. The van der Waals surface area contributed by atoms with Crippen LogP contribution in [-0.2, 0) is 6.42 Å². The van der Waals surface area contributed by atoms with Crippen LogP contribution in [0.5, 0.6) is 0 Å². The molecule has 1 atom stereocenters. The predicted molar refractivity (Wildman–Crippen MR) is 62.9 cm³/mol. The van der Waals surface area contributed by atoms with Gasteiger partial charge in [0.15, 0.2) is 0 Å². The molecule has 2 nitrogen and oxygen atoms in total. The first kappa shape index (κ1) is 11.7. The van der Waals surface area contributed by atoms with Crippen LogP contribution in [0.3, 0.4) is 0 Å². The van der Waals surface area contributed by atoms with Gasteiger partial charge in [-0.3, -0.25) is 0 Å². The highest BCUT2D eigenvalue weighted by Gasteiger charge is 2.08. The summed E-state index contributed by atoms with van der Waals surface area (Å²) in [6.45, 7) is 3.19. The van der Waals surface area contributed by atoms with Gasteiger partial charge in [0.25, 0.3) is 0 Å². The quantitative estimate of drug-likeness (QED) is 0.753. The molecule has 1 aromatic heterocycles. The Morgan fingerprint density at radius 1 is 1.57 bits per heavy atom. The molecule has 0 aliphatic heterocycles. The van der Waals surface area contributed by atoms with Crippen molar-refractivity contribution in [3.8, 4) is 0 Å². The third kappa shape index (κ3) is 4.20. The van der Waals surface area contributed by atoms with E-state index in [1.165, 1.54) is 17.7 Å². The average Bonchev–Trinajstić information content (AvgIpc) is 2.67. The van der Waals surface area contributed by atoms with E-state index in [0.717, 1.165) is 13.0 Å². The van der Waals surface area contributed by atoms with Crippen molar-refractivity contribution < 1.29 is 4.42 Å². The summed E-state index contributed by atoms with van der Waals surface area (Å²) in [6.07, 6.45) is 8.03. The summed E-state index contributed by atoms with van der Waals surface area (Å²) in [4.78, 5) is 0. The topological polar surface area (TPSA) is 25.2 Å². The van der Waals surface area contributed by atoms with Crippen molar-refractivity contribution in [1.29, 1.82) is 0 Å². The third-order valence-electron chi connectivity index (χ3n) is 2.23. The van der Waals surface area contributed by atoms with Crippen LogP contribution in [0.15, 0.2) is 23.0 Å². The van der Waals surface area contributed by atoms with Crippen molar-refractivity contribution in [1.82, 2.24) is 5.32 Å². The van der Waals surface area contributed by atoms with Crippen LogP contribution < -0.4 is 5.32 Å². The van der Waals surface area contributed by atoms with Gasteiger partial charge in [-0.25, -0.2) is 0 Å². The van der Waals surface area contributed by atoms with E-state index in [0.29, 0.717) is 6.04 Å². The molecule has 0 aliphatic carbocycles. The Hall–Kier alpha value is -0.410. The number of thioether (sulfide) groups is 1. The van der Waals surface area contributed by atoms with Gasteiger partial charge in [0.2, 0.25) is 0 Å². The molecule has 1 N–H and O–H groups in total. The van der Waals surface area contributed by atoms with Gasteiger partial charge in [-0.15, -0.1) is 0 Å². The van der Waals surface area contributed by atoms with Crippen LogP contribution in [0.25, 0.3) is 0 Å². The molecule has 0 radical (unpaired) electrons. The molecule has 0 bridgehead atoms. The lowest BCUT2D eigenvalue weighted by molar-refractivity contribution is 0.507. The second-order valence-corrected chi connectivity index (χ2v) is 4.36. The minimum absolute atomic E-state index is 0.588. The zero-order valence-corrected chi connectivity index (χ0v) is 9.77. The van der Waals surface area contributed by atoms with Crippen LogP contribution in [0.2, 0.25) is 0 Å². The third-order valence-corrected chi connectivity index (χ3v) is 2.87. The Balaban J connectivity index is 2.34. The monoisotopic (exact) mass is 213 g/mol. The summed E-state index contributed by atoms with van der Waals surface area (Å²) in [7, 11) is 0. The molecule has 0 saturated carbocycles. The Labute approximate surface area is 90.5 Å². The summed E-state index contributed by atoms with van der Waals surface area (Å²) >= 11 is 1.90. The molecule has 0 spiro atoms. The molecule has 80 valence electrons. The van der Waals surface area contributed by atoms with E-state index in [9.17, 15) is 0 Å². The highest BCUT2D eigenvalue weighted by molar-refractivity contribution is 7.98. The summed E-state index contributed by atoms with van der Waals surface area (Å²) in [5, 5.41) is 3.50. The Kier molecular flexibility index (Phi) is 5.80. The largest absolute Gasteiger partial charge is 0.472 e. The normalized spacial score (nSPS) is 13.0. The molecule has 1 aromatic rings. The maximum absolute atomic E-state index is 5.07. The van der Waals surface area contributed by atoms with E-state index < -0.39 is 0 Å². The molecule has 1 unspecified atom stereocenters. The Bertz CT molecular complexity index is 223. The van der Waals surface area contributed by atoms with Crippen LogP contribution in [0.1, 0.15) is 18.9 Å². The number of hydrogen-bond acceptors (Lipinski definition) is 3. The second-order valence-electron chi connectivity index (χ2n) is 3.37. The lowest BCUT2D eigenvalue weighted by Gasteiger charge is -2.16. The van der Waals surface area contributed by atoms with E-state index in [1.54, 1.807) is 6.26 Å². The molecule has 1 heterocycles. The molecule has 0 fully saturated rings. The van der Waals surface area contributed by atoms with Gasteiger partial charge < -0.3 is 9.73 Å². The van der Waals surface area contributed by atoms with Crippen molar-refractivity contribution in [3.05, 3.63) is 24.2 Å². The number of likely N-dealkylation sites (N-methyl/N-ethyl adjacent to an activating group) is 1. The zero-order valence-electron chi connectivity index (χ0n) is 8.95. The number of rotatable bonds is 7. The molecule has 3 heteroatoms. The van der Waals surface area contributed by atoms with Gasteiger partial charge in [-0.1, -0.05) is 6.92 Å². The van der Waals surface area contributed by atoms with Crippen LogP contribution in [0, 0.1) is 0 Å². The van der Waals surface area contributed by atoms with E-state index in [1.807, 2.05) is 24.1 Å². The molecule has 1 rings (SSSR count). The van der Waals surface area contributed by atoms with Crippen molar-refractivity contribution in [2.75, 3.05) is 18.6 Å². The molecule has 0 saturated heterocycles. The summed E-state index contributed by atoms with van der Waals surface area (Å²) < 4.78 is 5.07. The summed E-state index contributed by atoms with van der Waals surface area (Å²) in [6, 6.07) is 2.63. The van der Waals surface area contributed by atoms with E-state index in [-0.39, 0.29) is 0 Å². The number of nitrogens with one attached hydrogen (secondary N) is 1. The van der Waals surface area contributed by atoms with Crippen molar-refractivity contribution in [3.63, 3.8) is 0 Å². The van der Waals surface area contributed by atoms with E-state index in [2.05, 4.69) is 18.5 Å². The molecular formula is C11H19NOS. The Morgan fingerprint density at radius 2 is 2.43 bits per heavy atom. The molecule has 0 aromatic carbocycles. The first-order valence-corrected chi connectivity index (χ1v) is 6.49. The SMILES string of the molecule is CCNC(CCSC)Cc1ccoc1. The number of furan rings is 1. The Morgan fingerprint density at radius 3 is 3.00 bits per heavy atom. The van der Waals surface area contributed by atoms with E-state index in [4.69, 9.17) is 4.42 Å². The molecular weight excluding hydrogens is 194 g/mol. The maximum Gasteiger partial charge on any atom is 0.0935 e. The van der Waals surface area contributed by atoms with Gasteiger partial charge in [-0.05, 0) is 43.0 Å². The highest BCUT2D eigenvalue weighted by atomic mass is 32.2. The maximum atomic E-state index is 5.07. The first-order valence-electron chi connectivity index (χ1n) is 5.10. The lowest BCUT2D eigenvalue weighted by Crippen LogP contribution is -2.31. The highest BCUT2D eigenvalue weighted by Crippen LogP contribution is 2.08. The molecule has 0 amide bonds. The first-order chi connectivity index (χ1) is 6.86. The fourth-order valence-corrected chi connectivity index (χ4v) is 2.04. The minimum Gasteiger partial charge on any atom is -0.472 e. The molecule has 14 heavy (non-hydrogen) atoms. The fraction of sp³-hybridized carbons (Fsp3) is 0.636. The van der Waals surface area contributed by atoms with Gasteiger partial charge in [-0.2, -0.15) is 11.8 Å². The van der Waals surface area contributed by atoms with Crippen molar-refractivity contribution in [2.45, 2.75) is 25.8 Å². The smallest absolute Gasteiger partial charge is 0.0935 e. The van der Waals surface area contributed by atoms with Crippen molar-refractivity contribution in [2.24, 2.45) is 0 Å². The van der Waals surface area contributed by atoms with Crippen LogP contribution in [0.4, 0.5) is 0 Å². The standard InChI is InChI=1S/C11H19NOS/c1-3-12-11(5-7-14-2)8-10-4-6-13-9-10/h4,6,9,11-12H,3,5,7-8H2,1-2H3. The second kappa shape index (κ2) is 6.96.